The van der Waals surface area contributed by atoms with Gasteiger partial charge in [0.15, 0.2) is 5.79 Å². The molecule has 1 rings (SSSR count). The van der Waals surface area contributed by atoms with Crippen molar-refractivity contribution in [2.24, 2.45) is 5.92 Å². The molecule has 1 saturated heterocycles. The fraction of sp³-hybridized carbons (Fsp3) is 1.00. The minimum atomic E-state index is -0.799. The second-order valence-corrected chi connectivity index (χ2v) is 3.25. The van der Waals surface area contributed by atoms with E-state index in [4.69, 9.17) is 4.74 Å². The molecule has 0 amide bonds. The molecule has 10 heavy (non-hydrogen) atoms. The zero-order valence-electron chi connectivity index (χ0n) is 6.76. The topological polar surface area (TPSA) is 29.5 Å². The number of ether oxygens (including phenoxy) is 1. The molecule has 1 aliphatic rings. The molecule has 0 bridgehead atoms. The quantitative estimate of drug-likeness (QED) is 0.604. The van der Waals surface area contributed by atoms with Crippen LogP contribution in [-0.4, -0.2) is 17.5 Å². The van der Waals surface area contributed by atoms with Gasteiger partial charge in [0.2, 0.25) is 0 Å². The molecule has 1 aliphatic heterocycles. The fourth-order valence-electron chi connectivity index (χ4n) is 1.20. The fourth-order valence-corrected chi connectivity index (χ4v) is 1.20. The molecule has 1 fully saturated rings. The Bertz CT molecular complexity index is 104. The zero-order chi connectivity index (χ0) is 7.61. The summed E-state index contributed by atoms with van der Waals surface area (Å²) in [7, 11) is 0. The predicted molar refractivity (Wildman–Crippen MR) is 39.6 cm³/mol. The van der Waals surface area contributed by atoms with Gasteiger partial charge in [-0.25, -0.2) is 0 Å². The van der Waals surface area contributed by atoms with Crippen LogP contribution < -0.4 is 0 Å². The van der Waals surface area contributed by atoms with E-state index in [9.17, 15) is 5.11 Å². The lowest BCUT2D eigenvalue weighted by Crippen LogP contribution is -2.37. The first-order valence-corrected chi connectivity index (χ1v) is 4.02. The molecule has 60 valence electrons. The van der Waals surface area contributed by atoms with Crippen LogP contribution in [0.4, 0.5) is 0 Å². The van der Waals surface area contributed by atoms with Crippen LogP contribution in [0.15, 0.2) is 0 Å². The molecule has 2 atom stereocenters. The van der Waals surface area contributed by atoms with E-state index >= 15 is 0 Å². The van der Waals surface area contributed by atoms with E-state index in [1.165, 1.54) is 0 Å². The molecule has 0 aromatic carbocycles. The Kier molecular flexibility index (Phi) is 2.32. The Morgan fingerprint density at radius 1 is 1.70 bits per heavy atom. The van der Waals surface area contributed by atoms with Crippen LogP contribution in [-0.2, 0) is 4.74 Å². The first-order valence-electron chi connectivity index (χ1n) is 4.02. The summed E-state index contributed by atoms with van der Waals surface area (Å²) in [4.78, 5) is 0. The highest BCUT2D eigenvalue weighted by atomic mass is 16.6. The lowest BCUT2D eigenvalue weighted by molar-refractivity contribution is -0.235. The van der Waals surface area contributed by atoms with Gasteiger partial charge < -0.3 is 9.84 Å². The van der Waals surface area contributed by atoms with Crippen molar-refractivity contribution >= 4 is 0 Å². The van der Waals surface area contributed by atoms with E-state index in [1.807, 2.05) is 6.92 Å². The molecule has 0 radical (unpaired) electrons. The molecule has 0 aromatic rings. The molecule has 2 heteroatoms. The second-order valence-electron chi connectivity index (χ2n) is 3.25. The predicted octanol–water partition coefficient (Wildman–Crippen LogP) is 1.53. The van der Waals surface area contributed by atoms with Crippen LogP contribution in [0.25, 0.3) is 0 Å². The van der Waals surface area contributed by atoms with Crippen molar-refractivity contribution in [2.75, 3.05) is 6.61 Å². The maximum Gasteiger partial charge on any atom is 0.165 e. The van der Waals surface area contributed by atoms with Gasteiger partial charge in [-0.3, -0.25) is 0 Å². The summed E-state index contributed by atoms with van der Waals surface area (Å²) in [5.74, 6) is -0.182. The molecular weight excluding hydrogens is 128 g/mol. The van der Waals surface area contributed by atoms with E-state index in [-0.39, 0.29) is 0 Å². The first kappa shape index (κ1) is 8.02. The van der Waals surface area contributed by atoms with Gasteiger partial charge in [0.1, 0.15) is 0 Å². The Labute approximate surface area is 62.2 Å². The van der Waals surface area contributed by atoms with Crippen LogP contribution in [0.3, 0.4) is 0 Å². The van der Waals surface area contributed by atoms with E-state index < -0.39 is 5.79 Å². The largest absolute Gasteiger partial charge is 0.365 e. The summed E-state index contributed by atoms with van der Waals surface area (Å²) in [6.07, 6.45) is 2.59. The molecule has 1 heterocycles. The van der Waals surface area contributed by atoms with E-state index in [1.54, 1.807) is 0 Å². The maximum absolute atomic E-state index is 9.58. The van der Waals surface area contributed by atoms with Crippen LogP contribution in [0, 0.1) is 5.92 Å². The summed E-state index contributed by atoms with van der Waals surface area (Å²) < 4.78 is 5.28. The molecular formula is C8H16O2. The van der Waals surface area contributed by atoms with E-state index in [0.717, 1.165) is 12.8 Å². The monoisotopic (exact) mass is 144 g/mol. The standard InChI is InChI=1S/C8H16O2/c1-3-8(9)5-4-7(2)6-10-8/h7,9H,3-6H2,1-2H3. The Hall–Kier alpha value is -0.0800. The van der Waals surface area contributed by atoms with Crippen molar-refractivity contribution in [1.82, 2.24) is 0 Å². The lowest BCUT2D eigenvalue weighted by atomic mass is 9.97. The summed E-state index contributed by atoms with van der Waals surface area (Å²) in [6.45, 7) is 4.82. The number of hydrogen-bond donors (Lipinski definition) is 1. The normalized spacial score (nSPS) is 41.7. The summed E-state index contributed by atoms with van der Waals surface area (Å²) in [5.41, 5.74) is 0. The summed E-state index contributed by atoms with van der Waals surface area (Å²) in [5, 5.41) is 9.58. The van der Waals surface area contributed by atoms with Crippen molar-refractivity contribution in [1.29, 1.82) is 0 Å². The van der Waals surface area contributed by atoms with Gasteiger partial charge in [-0.1, -0.05) is 13.8 Å². The average Bonchev–Trinajstić information content (AvgIpc) is 1.96. The summed E-state index contributed by atoms with van der Waals surface area (Å²) >= 11 is 0. The van der Waals surface area contributed by atoms with Crippen LogP contribution in [0.2, 0.25) is 0 Å². The van der Waals surface area contributed by atoms with Crippen molar-refractivity contribution in [3.05, 3.63) is 0 Å². The summed E-state index contributed by atoms with van der Waals surface area (Å²) in [6, 6.07) is 0. The van der Waals surface area contributed by atoms with Gasteiger partial charge in [0.25, 0.3) is 0 Å². The molecule has 0 spiro atoms. The van der Waals surface area contributed by atoms with Crippen molar-refractivity contribution in [3.8, 4) is 0 Å². The molecule has 0 aliphatic carbocycles. The average molecular weight is 144 g/mol. The first-order chi connectivity index (χ1) is 4.66. The van der Waals surface area contributed by atoms with Crippen molar-refractivity contribution in [3.63, 3.8) is 0 Å². The van der Waals surface area contributed by atoms with Gasteiger partial charge >= 0.3 is 0 Å². The third kappa shape index (κ3) is 1.70. The highest BCUT2D eigenvalue weighted by Crippen LogP contribution is 2.27. The highest BCUT2D eigenvalue weighted by Gasteiger charge is 2.30. The van der Waals surface area contributed by atoms with Crippen molar-refractivity contribution in [2.45, 2.75) is 38.9 Å². The van der Waals surface area contributed by atoms with Gasteiger partial charge in [-0.15, -0.1) is 0 Å². The molecule has 2 unspecified atom stereocenters. The highest BCUT2D eigenvalue weighted by molar-refractivity contribution is 4.72. The molecule has 0 saturated carbocycles. The van der Waals surface area contributed by atoms with Crippen LogP contribution in [0.5, 0.6) is 0 Å². The van der Waals surface area contributed by atoms with Gasteiger partial charge in [-0.05, 0) is 18.8 Å². The minimum absolute atomic E-state index is 0.617. The maximum atomic E-state index is 9.58. The van der Waals surface area contributed by atoms with E-state index in [0.29, 0.717) is 18.9 Å². The number of rotatable bonds is 1. The van der Waals surface area contributed by atoms with E-state index in [2.05, 4.69) is 6.92 Å². The van der Waals surface area contributed by atoms with Gasteiger partial charge in [-0.2, -0.15) is 0 Å². The molecule has 0 aromatic heterocycles. The Morgan fingerprint density at radius 2 is 2.40 bits per heavy atom. The molecule has 1 N–H and O–H groups in total. The van der Waals surface area contributed by atoms with Gasteiger partial charge in [0.05, 0.1) is 6.61 Å². The smallest absolute Gasteiger partial charge is 0.165 e. The van der Waals surface area contributed by atoms with Gasteiger partial charge in [0, 0.05) is 6.42 Å². The molecule has 2 nitrogen and oxygen atoms in total. The Morgan fingerprint density at radius 3 is 2.80 bits per heavy atom. The van der Waals surface area contributed by atoms with Crippen molar-refractivity contribution < 1.29 is 9.84 Å². The lowest BCUT2D eigenvalue weighted by Gasteiger charge is -2.34. The second kappa shape index (κ2) is 2.89. The number of hydrogen-bond acceptors (Lipinski definition) is 2. The number of aliphatic hydroxyl groups is 1. The SMILES string of the molecule is CCC1(O)CCC(C)CO1. The zero-order valence-corrected chi connectivity index (χ0v) is 6.76. The minimum Gasteiger partial charge on any atom is -0.365 e. The Balaban J connectivity index is 2.38. The third-order valence-corrected chi connectivity index (χ3v) is 2.22. The third-order valence-electron chi connectivity index (χ3n) is 2.22. The van der Waals surface area contributed by atoms with Crippen LogP contribution >= 0.6 is 0 Å². The van der Waals surface area contributed by atoms with Crippen LogP contribution in [0.1, 0.15) is 33.1 Å².